The number of amides is 1. The van der Waals surface area contributed by atoms with Crippen molar-refractivity contribution in [2.75, 3.05) is 0 Å². The number of aliphatic hydroxyl groups excluding tert-OH is 1. The number of benzene rings is 1. The number of aromatic nitrogens is 2. The first-order valence-electron chi connectivity index (χ1n) is 8.54. The zero-order valence-electron chi connectivity index (χ0n) is 16.1. The van der Waals surface area contributed by atoms with E-state index in [4.69, 9.17) is 4.74 Å². The summed E-state index contributed by atoms with van der Waals surface area (Å²) in [5.74, 6) is 0.502. The molecule has 2 rings (SSSR count). The van der Waals surface area contributed by atoms with Gasteiger partial charge in [-0.2, -0.15) is 0 Å². The van der Waals surface area contributed by atoms with Crippen LogP contribution < -0.4 is 5.32 Å². The van der Waals surface area contributed by atoms with Crippen molar-refractivity contribution in [3.8, 4) is 0 Å². The molecule has 0 bridgehead atoms. The van der Waals surface area contributed by atoms with E-state index in [1.54, 1.807) is 27.7 Å². The number of aliphatic hydroxyl groups is 1. The molecule has 1 aromatic carbocycles. The SMILES string of the molecule is C[C@@H](O)[C@H](NC(=O)OC(C)(C)C)c1nc2ccc(C(C)(C)C)cc2[nH]1. The van der Waals surface area contributed by atoms with Crippen LogP contribution in [0.15, 0.2) is 18.2 Å². The van der Waals surface area contributed by atoms with Gasteiger partial charge in [0.1, 0.15) is 17.5 Å². The second-order valence-corrected chi connectivity index (χ2v) is 8.47. The first-order valence-corrected chi connectivity index (χ1v) is 8.54. The standard InChI is InChI=1S/C19H29N3O3/c1-11(23)15(22-17(24)25-19(5,6)7)16-20-13-9-8-12(18(2,3)4)10-14(13)21-16/h8-11,15,23H,1-7H3,(H,20,21)(H,22,24)/t11-,15+/m1/s1. The molecule has 6 nitrogen and oxygen atoms in total. The highest BCUT2D eigenvalue weighted by Gasteiger charge is 2.26. The van der Waals surface area contributed by atoms with Gasteiger partial charge in [-0.1, -0.05) is 26.8 Å². The molecule has 0 aliphatic carbocycles. The number of rotatable bonds is 3. The second-order valence-electron chi connectivity index (χ2n) is 8.47. The first kappa shape index (κ1) is 19.2. The van der Waals surface area contributed by atoms with Crippen LogP contribution in [0.5, 0.6) is 0 Å². The van der Waals surface area contributed by atoms with Gasteiger partial charge in [-0.3, -0.25) is 0 Å². The van der Waals surface area contributed by atoms with Crippen LogP contribution in [0.2, 0.25) is 0 Å². The zero-order chi connectivity index (χ0) is 19.0. The molecule has 1 heterocycles. The fourth-order valence-corrected chi connectivity index (χ4v) is 2.50. The predicted molar refractivity (Wildman–Crippen MR) is 98.6 cm³/mol. The number of carbonyl (C=O) groups excluding carboxylic acids is 1. The Morgan fingerprint density at radius 3 is 2.40 bits per heavy atom. The molecule has 25 heavy (non-hydrogen) atoms. The minimum Gasteiger partial charge on any atom is -0.444 e. The van der Waals surface area contributed by atoms with E-state index in [2.05, 4.69) is 42.1 Å². The second kappa shape index (κ2) is 6.67. The number of imidazole rings is 1. The van der Waals surface area contributed by atoms with Gasteiger partial charge in [0.25, 0.3) is 0 Å². The minimum atomic E-state index is -0.824. The van der Waals surface area contributed by atoms with E-state index in [-0.39, 0.29) is 5.41 Å². The zero-order valence-corrected chi connectivity index (χ0v) is 16.1. The molecule has 0 radical (unpaired) electrons. The molecule has 0 spiro atoms. The number of carbonyl (C=O) groups is 1. The van der Waals surface area contributed by atoms with E-state index < -0.39 is 23.8 Å². The smallest absolute Gasteiger partial charge is 0.408 e. The summed E-state index contributed by atoms with van der Waals surface area (Å²) >= 11 is 0. The van der Waals surface area contributed by atoms with Crippen molar-refractivity contribution in [2.45, 2.75) is 71.6 Å². The third kappa shape index (κ3) is 4.95. The molecule has 1 aromatic heterocycles. The van der Waals surface area contributed by atoms with Crippen LogP contribution >= 0.6 is 0 Å². The molecule has 1 amide bonds. The Bertz CT molecular complexity index is 751. The summed E-state index contributed by atoms with van der Waals surface area (Å²) < 4.78 is 5.27. The topological polar surface area (TPSA) is 87.2 Å². The average molecular weight is 347 g/mol. The summed E-state index contributed by atoms with van der Waals surface area (Å²) in [6.45, 7) is 13.4. The van der Waals surface area contributed by atoms with Gasteiger partial charge in [0, 0.05) is 0 Å². The van der Waals surface area contributed by atoms with Gasteiger partial charge in [-0.15, -0.1) is 0 Å². The number of hydrogen-bond acceptors (Lipinski definition) is 4. The van der Waals surface area contributed by atoms with E-state index >= 15 is 0 Å². The van der Waals surface area contributed by atoms with Crippen LogP contribution in [0.1, 0.15) is 65.9 Å². The van der Waals surface area contributed by atoms with E-state index in [0.29, 0.717) is 5.82 Å². The Hall–Kier alpha value is -2.08. The number of ether oxygens (including phenoxy) is 1. The summed E-state index contributed by atoms with van der Waals surface area (Å²) in [5.41, 5.74) is 2.27. The lowest BCUT2D eigenvalue weighted by molar-refractivity contribution is 0.0430. The number of nitrogens with one attached hydrogen (secondary N) is 2. The summed E-state index contributed by atoms with van der Waals surface area (Å²) in [5, 5.41) is 12.8. The third-order valence-electron chi connectivity index (χ3n) is 3.82. The average Bonchev–Trinajstić information content (AvgIpc) is 2.83. The van der Waals surface area contributed by atoms with Crippen molar-refractivity contribution in [3.05, 3.63) is 29.6 Å². The normalized spacial score (nSPS) is 15.0. The molecule has 0 unspecified atom stereocenters. The Morgan fingerprint density at radius 2 is 1.88 bits per heavy atom. The molecule has 0 aliphatic rings. The maximum absolute atomic E-state index is 12.1. The molecule has 2 atom stereocenters. The molecule has 0 saturated carbocycles. The van der Waals surface area contributed by atoms with Gasteiger partial charge in [-0.05, 0) is 50.8 Å². The Kier molecular flexibility index (Phi) is 5.14. The minimum absolute atomic E-state index is 0.0257. The van der Waals surface area contributed by atoms with E-state index in [1.807, 2.05) is 12.1 Å². The molecule has 6 heteroatoms. The van der Waals surface area contributed by atoms with Gasteiger partial charge >= 0.3 is 6.09 Å². The summed E-state index contributed by atoms with van der Waals surface area (Å²) in [4.78, 5) is 19.8. The van der Waals surface area contributed by atoms with Crippen LogP contribution in [0, 0.1) is 0 Å². The fourth-order valence-electron chi connectivity index (χ4n) is 2.50. The van der Waals surface area contributed by atoms with Gasteiger partial charge < -0.3 is 20.1 Å². The number of hydrogen-bond donors (Lipinski definition) is 3. The van der Waals surface area contributed by atoms with Crippen molar-refractivity contribution in [2.24, 2.45) is 0 Å². The highest BCUT2D eigenvalue weighted by atomic mass is 16.6. The van der Waals surface area contributed by atoms with Crippen molar-refractivity contribution in [3.63, 3.8) is 0 Å². The largest absolute Gasteiger partial charge is 0.444 e. The lowest BCUT2D eigenvalue weighted by atomic mass is 9.87. The number of alkyl carbamates (subject to hydrolysis) is 1. The number of fused-ring (bicyclic) bond motifs is 1. The first-order chi connectivity index (χ1) is 11.4. The molecule has 2 aromatic rings. The highest BCUT2D eigenvalue weighted by molar-refractivity contribution is 5.76. The lowest BCUT2D eigenvalue weighted by Crippen LogP contribution is -2.39. The van der Waals surface area contributed by atoms with Crippen molar-refractivity contribution in [1.82, 2.24) is 15.3 Å². The third-order valence-corrected chi connectivity index (χ3v) is 3.82. The number of H-pyrrole nitrogens is 1. The molecular formula is C19H29N3O3. The monoisotopic (exact) mass is 347 g/mol. The van der Waals surface area contributed by atoms with Crippen LogP contribution in [-0.2, 0) is 10.2 Å². The van der Waals surface area contributed by atoms with Crippen LogP contribution in [0.3, 0.4) is 0 Å². The van der Waals surface area contributed by atoms with Gasteiger partial charge in [0.15, 0.2) is 0 Å². The van der Waals surface area contributed by atoms with Crippen molar-refractivity contribution in [1.29, 1.82) is 0 Å². The fraction of sp³-hybridized carbons (Fsp3) is 0.579. The number of nitrogens with zero attached hydrogens (tertiary/aromatic N) is 1. The summed E-state index contributed by atoms with van der Waals surface area (Å²) in [6, 6.07) is 5.37. The Morgan fingerprint density at radius 1 is 1.24 bits per heavy atom. The van der Waals surface area contributed by atoms with Gasteiger partial charge in [0.05, 0.1) is 17.1 Å². The van der Waals surface area contributed by atoms with Crippen LogP contribution in [0.4, 0.5) is 4.79 Å². The van der Waals surface area contributed by atoms with Crippen molar-refractivity contribution >= 4 is 17.1 Å². The maximum atomic E-state index is 12.1. The van der Waals surface area contributed by atoms with E-state index in [9.17, 15) is 9.90 Å². The van der Waals surface area contributed by atoms with E-state index in [0.717, 1.165) is 11.0 Å². The van der Waals surface area contributed by atoms with Crippen LogP contribution in [0.25, 0.3) is 11.0 Å². The Labute approximate surface area is 149 Å². The van der Waals surface area contributed by atoms with Gasteiger partial charge in [-0.25, -0.2) is 9.78 Å². The Balaban J connectivity index is 2.31. The summed E-state index contributed by atoms with van der Waals surface area (Å²) in [6.07, 6.45) is -1.41. The highest BCUT2D eigenvalue weighted by Crippen LogP contribution is 2.26. The predicted octanol–water partition coefficient (Wildman–Crippen LogP) is 3.81. The molecule has 3 N–H and O–H groups in total. The molecule has 0 saturated heterocycles. The molecule has 0 aliphatic heterocycles. The van der Waals surface area contributed by atoms with Crippen molar-refractivity contribution < 1.29 is 14.6 Å². The van der Waals surface area contributed by atoms with E-state index in [1.165, 1.54) is 5.56 Å². The molecular weight excluding hydrogens is 318 g/mol. The number of aromatic amines is 1. The lowest BCUT2D eigenvalue weighted by Gasteiger charge is -2.24. The molecule has 0 fully saturated rings. The maximum Gasteiger partial charge on any atom is 0.408 e. The summed E-state index contributed by atoms with van der Waals surface area (Å²) in [7, 11) is 0. The molecule has 138 valence electrons. The van der Waals surface area contributed by atoms with Gasteiger partial charge in [0.2, 0.25) is 0 Å². The van der Waals surface area contributed by atoms with Crippen LogP contribution in [-0.4, -0.2) is 32.9 Å². The quantitative estimate of drug-likeness (QED) is 0.788.